The predicted octanol–water partition coefficient (Wildman–Crippen LogP) is 8.94. The van der Waals surface area contributed by atoms with Crippen LogP contribution in [-0.4, -0.2) is 32.5 Å². The molecule has 6 aromatic carbocycles. The van der Waals surface area contributed by atoms with Crippen molar-refractivity contribution in [2.45, 2.75) is 13.1 Å². The molecule has 11 rings (SSSR count). The van der Waals surface area contributed by atoms with Gasteiger partial charge in [0.25, 0.3) is 0 Å². The molecule has 0 N–H and O–H groups in total. The lowest BCUT2D eigenvalue weighted by Crippen LogP contribution is -2.02. The van der Waals surface area contributed by atoms with Gasteiger partial charge in [-0.05, 0) is 71.8 Å². The number of para-hydroxylation sites is 8. The zero-order chi connectivity index (χ0) is 31.5. The van der Waals surface area contributed by atoms with Crippen LogP contribution < -0.4 is 0 Å². The average Bonchev–Trinajstić information content (AvgIpc) is 3.91. The highest BCUT2D eigenvalue weighted by atomic mass is 15.2. The lowest BCUT2D eigenvalue weighted by molar-refractivity contribution is 0.846. The summed E-state index contributed by atoms with van der Waals surface area (Å²) in [5.74, 6) is 1.93. The Morgan fingerprint density at radius 3 is 1.90 bits per heavy atom. The van der Waals surface area contributed by atoms with Crippen LogP contribution in [0.25, 0.3) is 77.5 Å². The van der Waals surface area contributed by atoms with Crippen molar-refractivity contribution in [1.29, 1.82) is 0 Å². The number of rotatable bonds is 4. The maximum absolute atomic E-state index is 5.09. The molecular weight excluding hydrogens is 591 g/mol. The molecule has 0 aliphatic carbocycles. The Balaban J connectivity index is 1.09. The Hall–Kier alpha value is -6.34. The third-order valence-corrected chi connectivity index (χ3v) is 10.2. The van der Waals surface area contributed by atoms with Gasteiger partial charge in [0.2, 0.25) is 11.6 Å². The van der Waals surface area contributed by atoms with Crippen LogP contribution in [0.1, 0.15) is 11.1 Å². The van der Waals surface area contributed by atoms with Crippen LogP contribution >= 0.6 is 0 Å². The van der Waals surface area contributed by atoms with E-state index in [4.69, 9.17) is 9.97 Å². The van der Waals surface area contributed by atoms with E-state index < -0.39 is 0 Å². The molecule has 7 nitrogen and oxygen atoms in total. The van der Waals surface area contributed by atoms with Crippen molar-refractivity contribution >= 4 is 77.5 Å². The van der Waals surface area contributed by atoms with Gasteiger partial charge >= 0.3 is 0 Å². The molecule has 0 spiro atoms. The summed E-state index contributed by atoms with van der Waals surface area (Å²) < 4.78 is 11.7. The summed E-state index contributed by atoms with van der Waals surface area (Å²) in [6, 6.07) is 47.9. The van der Waals surface area contributed by atoms with Crippen molar-refractivity contribution in [2.24, 2.45) is 7.05 Å². The maximum atomic E-state index is 5.09. The topological polar surface area (TPSA) is 49.4 Å². The highest BCUT2D eigenvalue weighted by molar-refractivity contribution is 6.08. The van der Waals surface area contributed by atoms with E-state index in [0.717, 1.165) is 46.7 Å². The quantitative estimate of drug-likeness (QED) is 0.198. The van der Waals surface area contributed by atoms with E-state index in [9.17, 15) is 0 Å². The second-order valence-corrected chi connectivity index (χ2v) is 12.8. The zero-order valence-corrected chi connectivity index (χ0v) is 26.2. The first-order chi connectivity index (χ1) is 23.7. The first-order valence-electron chi connectivity index (χ1n) is 16.4. The molecule has 11 aromatic rings. The molecule has 5 heterocycles. The summed E-state index contributed by atoms with van der Waals surface area (Å²) in [5, 5.41) is 2.53. The lowest BCUT2D eigenvalue weighted by Gasteiger charge is -2.11. The van der Waals surface area contributed by atoms with E-state index in [1.165, 1.54) is 55.0 Å². The molecule has 0 radical (unpaired) electrons. The SMILES string of the molecule is Cn1c2cccc(Cn3c4ccccc4c4cc(Cn5c6ccccc6n6c7ccccc7nc56)ccc43)c2n2c3ccccc3nc12. The van der Waals surface area contributed by atoms with Gasteiger partial charge in [0.1, 0.15) is 0 Å². The van der Waals surface area contributed by atoms with Crippen molar-refractivity contribution in [3.05, 3.63) is 145 Å². The third kappa shape index (κ3) is 3.37. The molecule has 0 saturated carbocycles. The van der Waals surface area contributed by atoms with Gasteiger partial charge in [-0.2, -0.15) is 0 Å². The number of hydrogen-bond acceptors (Lipinski definition) is 2. The number of hydrogen-bond donors (Lipinski definition) is 0. The molecule has 5 aromatic heterocycles. The first kappa shape index (κ1) is 25.8. The number of imidazole rings is 4. The van der Waals surface area contributed by atoms with Crippen LogP contribution in [-0.2, 0) is 20.1 Å². The van der Waals surface area contributed by atoms with Gasteiger partial charge in [0.15, 0.2) is 0 Å². The van der Waals surface area contributed by atoms with Crippen LogP contribution in [0.2, 0.25) is 0 Å². The molecule has 48 heavy (non-hydrogen) atoms. The molecule has 0 saturated heterocycles. The fraction of sp³-hybridized carbons (Fsp3) is 0.0732. The van der Waals surface area contributed by atoms with E-state index in [2.05, 4.69) is 163 Å². The summed E-state index contributed by atoms with van der Waals surface area (Å²) in [4.78, 5) is 10.1. The molecule has 0 fully saturated rings. The predicted molar refractivity (Wildman–Crippen MR) is 195 cm³/mol. The molecular formula is C41H29N7. The summed E-state index contributed by atoms with van der Waals surface area (Å²) >= 11 is 0. The van der Waals surface area contributed by atoms with Crippen LogP contribution in [0.3, 0.4) is 0 Å². The Labute approximate surface area is 274 Å². The van der Waals surface area contributed by atoms with E-state index >= 15 is 0 Å². The minimum absolute atomic E-state index is 0.727. The normalized spacial score (nSPS) is 12.4. The molecule has 7 heteroatoms. The Kier molecular flexibility index (Phi) is 5.03. The number of aryl methyl sites for hydroxylation is 1. The fourth-order valence-electron chi connectivity index (χ4n) is 8.10. The van der Waals surface area contributed by atoms with Crippen molar-refractivity contribution < 1.29 is 0 Å². The molecule has 0 bridgehead atoms. The van der Waals surface area contributed by atoms with Gasteiger partial charge < -0.3 is 13.7 Å². The zero-order valence-electron chi connectivity index (χ0n) is 26.2. The molecule has 0 unspecified atom stereocenters. The third-order valence-electron chi connectivity index (χ3n) is 10.2. The standard InChI is InChI=1S/C41H29N7/c1-44-38-20-10-11-27(39(38)48-35-17-7-4-14-31(35)42-40(44)48)25-45-32-15-5-2-12-28(32)29-23-26(21-22-33(29)45)24-46-36-18-8-9-19-37(36)47-34-16-6-3-13-30(34)43-41(46)47/h2-23H,24-25H2,1H3. The van der Waals surface area contributed by atoms with Crippen LogP contribution in [0.4, 0.5) is 0 Å². The Morgan fingerprint density at radius 1 is 0.458 bits per heavy atom. The van der Waals surface area contributed by atoms with E-state index in [1.807, 2.05) is 0 Å². The lowest BCUT2D eigenvalue weighted by atomic mass is 10.1. The molecule has 0 aliphatic heterocycles. The Morgan fingerprint density at radius 2 is 1.08 bits per heavy atom. The molecule has 0 aliphatic rings. The first-order valence-corrected chi connectivity index (χ1v) is 16.4. The van der Waals surface area contributed by atoms with Gasteiger partial charge in [-0.1, -0.05) is 72.8 Å². The summed E-state index contributed by atoms with van der Waals surface area (Å²) in [7, 11) is 2.11. The molecule has 228 valence electrons. The smallest absolute Gasteiger partial charge is 0.216 e. The fourth-order valence-corrected chi connectivity index (χ4v) is 8.10. The van der Waals surface area contributed by atoms with Gasteiger partial charge in [0, 0.05) is 28.9 Å². The van der Waals surface area contributed by atoms with Crippen LogP contribution in [0.15, 0.2) is 133 Å². The highest BCUT2D eigenvalue weighted by Crippen LogP contribution is 2.34. The maximum Gasteiger partial charge on any atom is 0.216 e. The highest BCUT2D eigenvalue weighted by Gasteiger charge is 2.20. The van der Waals surface area contributed by atoms with E-state index in [-0.39, 0.29) is 0 Å². The minimum Gasteiger partial charge on any atom is -0.336 e. The van der Waals surface area contributed by atoms with Crippen LogP contribution in [0.5, 0.6) is 0 Å². The number of nitrogens with zero attached hydrogens (tertiary/aromatic N) is 7. The summed E-state index contributed by atoms with van der Waals surface area (Å²) in [5.41, 5.74) is 14.0. The summed E-state index contributed by atoms with van der Waals surface area (Å²) in [6.07, 6.45) is 0. The Bertz CT molecular complexity index is 3090. The van der Waals surface area contributed by atoms with Gasteiger partial charge in [-0.3, -0.25) is 8.80 Å². The number of benzene rings is 6. The van der Waals surface area contributed by atoms with E-state index in [1.54, 1.807) is 0 Å². The monoisotopic (exact) mass is 619 g/mol. The molecule has 0 atom stereocenters. The molecule has 0 amide bonds. The number of fused-ring (bicyclic) bond motifs is 13. The van der Waals surface area contributed by atoms with Gasteiger partial charge in [-0.15, -0.1) is 0 Å². The number of aromatic nitrogens is 7. The van der Waals surface area contributed by atoms with Crippen LogP contribution in [0, 0.1) is 0 Å². The van der Waals surface area contributed by atoms with Gasteiger partial charge in [-0.25, -0.2) is 9.97 Å². The second kappa shape index (κ2) is 9.36. The minimum atomic E-state index is 0.727. The van der Waals surface area contributed by atoms with Crippen molar-refractivity contribution in [2.75, 3.05) is 0 Å². The van der Waals surface area contributed by atoms with E-state index in [0.29, 0.717) is 0 Å². The largest absolute Gasteiger partial charge is 0.336 e. The average molecular weight is 620 g/mol. The van der Waals surface area contributed by atoms with Crippen molar-refractivity contribution in [1.82, 2.24) is 32.5 Å². The van der Waals surface area contributed by atoms with Gasteiger partial charge in [0.05, 0.1) is 57.2 Å². The second-order valence-electron chi connectivity index (χ2n) is 12.8. The summed E-state index contributed by atoms with van der Waals surface area (Å²) in [6.45, 7) is 1.47. The van der Waals surface area contributed by atoms with Crippen molar-refractivity contribution in [3.8, 4) is 0 Å². The van der Waals surface area contributed by atoms with Crippen molar-refractivity contribution in [3.63, 3.8) is 0 Å².